The Hall–Kier alpha value is -2.28. The normalized spacial score (nSPS) is 18.8. The van der Waals surface area contributed by atoms with E-state index in [0.29, 0.717) is 19.0 Å². The zero-order valence-electron chi connectivity index (χ0n) is 15.6. The summed E-state index contributed by atoms with van der Waals surface area (Å²) in [6.45, 7) is 0.956. The van der Waals surface area contributed by atoms with E-state index in [0.717, 1.165) is 40.6 Å². The smallest absolute Gasteiger partial charge is 0.315 e. The van der Waals surface area contributed by atoms with Gasteiger partial charge >= 0.3 is 6.03 Å². The van der Waals surface area contributed by atoms with E-state index < -0.39 is 0 Å². The molecule has 1 fully saturated rings. The van der Waals surface area contributed by atoms with Crippen molar-refractivity contribution in [1.29, 1.82) is 0 Å². The third-order valence-electron chi connectivity index (χ3n) is 5.19. The van der Waals surface area contributed by atoms with Gasteiger partial charge < -0.3 is 20.1 Å². The Morgan fingerprint density at radius 3 is 2.96 bits per heavy atom. The van der Waals surface area contributed by atoms with Crippen molar-refractivity contribution in [2.24, 2.45) is 0 Å². The molecule has 2 amide bonds. The van der Waals surface area contributed by atoms with Crippen LogP contribution in [0.25, 0.3) is 0 Å². The molecule has 1 aromatic carbocycles. The molecule has 2 aromatic rings. The van der Waals surface area contributed by atoms with Crippen molar-refractivity contribution >= 4 is 22.0 Å². The number of hydrogen-bond acceptors (Lipinski definition) is 4. The maximum atomic E-state index is 12.5. The molecule has 1 unspecified atom stereocenters. The van der Waals surface area contributed by atoms with Gasteiger partial charge in [0.05, 0.1) is 12.6 Å². The summed E-state index contributed by atoms with van der Waals surface area (Å²) in [6, 6.07) is 9.37. The van der Waals surface area contributed by atoms with Gasteiger partial charge in [0.1, 0.15) is 11.9 Å². The third-order valence-corrected chi connectivity index (χ3v) is 5.68. The molecule has 0 spiro atoms. The summed E-state index contributed by atoms with van der Waals surface area (Å²) in [6.07, 6.45) is 7.25. The molecular weight excluding hydrogens is 422 g/mol. The summed E-state index contributed by atoms with van der Waals surface area (Å²) in [5, 5.41) is 5.99. The van der Waals surface area contributed by atoms with Crippen molar-refractivity contribution in [2.45, 2.75) is 50.8 Å². The monoisotopic (exact) mass is 445 g/mol. The average Bonchev–Trinajstić information content (AvgIpc) is 3.21. The van der Waals surface area contributed by atoms with E-state index in [1.54, 1.807) is 6.20 Å². The molecule has 1 atom stereocenters. The zero-order chi connectivity index (χ0) is 19.3. The van der Waals surface area contributed by atoms with Gasteiger partial charge in [-0.05, 0) is 49.9 Å². The number of ether oxygens (including phenoxy) is 2. The van der Waals surface area contributed by atoms with Crippen LogP contribution in [0.2, 0.25) is 0 Å². The van der Waals surface area contributed by atoms with Crippen LogP contribution in [-0.4, -0.2) is 23.7 Å². The highest BCUT2D eigenvalue weighted by Crippen LogP contribution is 2.34. The van der Waals surface area contributed by atoms with Gasteiger partial charge in [-0.15, -0.1) is 0 Å². The number of benzene rings is 1. The number of hydrogen-bond donors (Lipinski definition) is 2. The summed E-state index contributed by atoms with van der Waals surface area (Å²) in [5.41, 5.74) is 1.88. The van der Waals surface area contributed by atoms with E-state index in [9.17, 15) is 4.79 Å². The number of halogens is 1. The predicted octanol–water partition coefficient (Wildman–Crippen LogP) is 4.49. The van der Waals surface area contributed by atoms with Gasteiger partial charge in [0.25, 0.3) is 0 Å². The molecule has 4 rings (SSSR count). The van der Waals surface area contributed by atoms with Crippen molar-refractivity contribution in [1.82, 2.24) is 15.6 Å². The Morgan fingerprint density at radius 1 is 1.25 bits per heavy atom. The van der Waals surface area contributed by atoms with E-state index in [4.69, 9.17) is 9.47 Å². The van der Waals surface area contributed by atoms with Gasteiger partial charge in [-0.25, -0.2) is 9.78 Å². The second-order valence-corrected chi connectivity index (χ2v) is 8.11. The second kappa shape index (κ2) is 8.82. The summed E-state index contributed by atoms with van der Waals surface area (Å²) < 4.78 is 12.7. The molecule has 6 nitrogen and oxygen atoms in total. The minimum Gasteiger partial charge on any atom is -0.493 e. The van der Waals surface area contributed by atoms with Crippen LogP contribution in [-0.2, 0) is 6.54 Å². The maximum absolute atomic E-state index is 12.5. The lowest BCUT2D eigenvalue weighted by Crippen LogP contribution is -2.39. The molecule has 1 aromatic heterocycles. The van der Waals surface area contributed by atoms with E-state index in [1.165, 1.54) is 12.8 Å². The van der Waals surface area contributed by atoms with Gasteiger partial charge in [-0.2, -0.15) is 0 Å². The van der Waals surface area contributed by atoms with Crippen LogP contribution in [0.5, 0.6) is 11.6 Å². The molecule has 0 radical (unpaired) electrons. The molecule has 148 valence electrons. The number of carbonyl (C=O) groups excluding carboxylic acids is 1. The lowest BCUT2D eigenvalue weighted by atomic mass is 10.0. The first-order valence-corrected chi connectivity index (χ1v) is 10.6. The Morgan fingerprint density at radius 2 is 2.11 bits per heavy atom. The predicted molar refractivity (Wildman–Crippen MR) is 109 cm³/mol. The highest BCUT2D eigenvalue weighted by atomic mass is 79.9. The van der Waals surface area contributed by atoms with Gasteiger partial charge in [0.15, 0.2) is 0 Å². The molecular formula is C21H24BrN3O3. The number of urea groups is 1. The molecule has 1 saturated carbocycles. The van der Waals surface area contributed by atoms with Gasteiger partial charge in [0, 0.05) is 34.8 Å². The second-order valence-electron chi connectivity index (χ2n) is 7.19. The largest absolute Gasteiger partial charge is 0.493 e. The zero-order valence-corrected chi connectivity index (χ0v) is 17.2. The van der Waals surface area contributed by atoms with Crippen molar-refractivity contribution in [3.63, 3.8) is 0 Å². The SMILES string of the molecule is O=C(NCc1cccnc1OC1CCCC1)NC1CCOc2ccc(Br)cc21. The first-order valence-electron chi connectivity index (χ1n) is 9.76. The molecule has 2 heterocycles. The molecule has 7 heteroatoms. The number of fused-ring (bicyclic) bond motifs is 1. The average molecular weight is 446 g/mol. The highest BCUT2D eigenvalue weighted by molar-refractivity contribution is 9.10. The molecule has 1 aliphatic heterocycles. The van der Waals surface area contributed by atoms with Crippen LogP contribution in [0.3, 0.4) is 0 Å². The van der Waals surface area contributed by atoms with Crippen LogP contribution < -0.4 is 20.1 Å². The fourth-order valence-electron chi connectivity index (χ4n) is 3.73. The van der Waals surface area contributed by atoms with Gasteiger partial charge in [-0.1, -0.05) is 22.0 Å². The van der Waals surface area contributed by atoms with Crippen LogP contribution in [0.1, 0.15) is 49.3 Å². The first-order chi connectivity index (χ1) is 13.7. The number of rotatable bonds is 5. The van der Waals surface area contributed by atoms with E-state index in [-0.39, 0.29) is 18.2 Å². The number of aromatic nitrogens is 1. The lowest BCUT2D eigenvalue weighted by Gasteiger charge is -2.27. The van der Waals surface area contributed by atoms with E-state index in [1.807, 2.05) is 30.3 Å². The fraction of sp³-hybridized carbons (Fsp3) is 0.429. The summed E-state index contributed by atoms with van der Waals surface area (Å²) in [5.74, 6) is 1.44. The quantitative estimate of drug-likeness (QED) is 0.710. The Labute approximate surface area is 173 Å². The van der Waals surface area contributed by atoms with Crippen molar-refractivity contribution < 1.29 is 14.3 Å². The lowest BCUT2D eigenvalue weighted by molar-refractivity contribution is 0.198. The standard InChI is InChI=1S/C21H24BrN3O3/c22-15-7-8-19-17(12-15)18(9-11-27-19)25-21(26)24-13-14-4-3-10-23-20(14)28-16-5-1-2-6-16/h3-4,7-8,10,12,16,18H,1-2,5-6,9,11,13H2,(H2,24,25,26). The molecule has 2 N–H and O–H groups in total. The van der Waals surface area contributed by atoms with Crippen molar-refractivity contribution in [2.75, 3.05) is 6.61 Å². The van der Waals surface area contributed by atoms with E-state index in [2.05, 4.69) is 31.5 Å². The topological polar surface area (TPSA) is 72.5 Å². The number of pyridine rings is 1. The van der Waals surface area contributed by atoms with Crippen LogP contribution in [0, 0.1) is 0 Å². The van der Waals surface area contributed by atoms with Gasteiger partial charge in [-0.3, -0.25) is 0 Å². The fourth-order valence-corrected chi connectivity index (χ4v) is 4.11. The molecule has 28 heavy (non-hydrogen) atoms. The van der Waals surface area contributed by atoms with Gasteiger partial charge in [0.2, 0.25) is 5.88 Å². The van der Waals surface area contributed by atoms with E-state index >= 15 is 0 Å². The first kappa shape index (κ1) is 19.1. The molecule has 1 aliphatic carbocycles. The Bertz CT molecular complexity index is 839. The number of nitrogens with one attached hydrogen (secondary N) is 2. The summed E-state index contributed by atoms with van der Waals surface area (Å²) in [7, 11) is 0. The number of amides is 2. The molecule has 2 aliphatic rings. The minimum absolute atomic E-state index is 0.0793. The summed E-state index contributed by atoms with van der Waals surface area (Å²) in [4.78, 5) is 16.9. The van der Waals surface area contributed by atoms with Crippen molar-refractivity contribution in [3.05, 3.63) is 52.1 Å². The number of nitrogens with zero attached hydrogens (tertiary/aromatic N) is 1. The van der Waals surface area contributed by atoms with Crippen LogP contribution in [0.15, 0.2) is 41.0 Å². The minimum atomic E-state index is -0.214. The Balaban J connectivity index is 1.36. The van der Waals surface area contributed by atoms with Crippen LogP contribution in [0.4, 0.5) is 4.79 Å². The molecule has 0 bridgehead atoms. The molecule has 0 saturated heterocycles. The van der Waals surface area contributed by atoms with Crippen LogP contribution >= 0.6 is 15.9 Å². The maximum Gasteiger partial charge on any atom is 0.315 e. The highest BCUT2D eigenvalue weighted by Gasteiger charge is 2.23. The summed E-state index contributed by atoms with van der Waals surface area (Å²) >= 11 is 3.48. The Kier molecular flexibility index (Phi) is 6.00. The third kappa shape index (κ3) is 4.58. The number of carbonyl (C=O) groups is 1. The van der Waals surface area contributed by atoms with Crippen molar-refractivity contribution in [3.8, 4) is 11.6 Å².